The lowest BCUT2D eigenvalue weighted by Gasteiger charge is -2.28. The molecule has 0 aliphatic carbocycles. The summed E-state index contributed by atoms with van der Waals surface area (Å²) in [6, 6.07) is 18.2. The van der Waals surface area contributed by atoms with E-state index in [1.807, 2.05) is 30.3 Å². The number of hydrogen-bond acceptors (Lipinski definition) is 8. The maximum Gasteiger partial charge on any atom is 0.233 e. The quantitative estimate of drug-likeness (QED) is 0.566. The van der Waals surface area contributed by atoms with Crippen molar-refractivity contribution in [2.24, 2.45) is 0 Å². The number of ether oxygens (including phenoxy) is 1. The molecular formula is C23H29N7O. The Morgan fingerprint density at radius 3 is 1.97 bits per heavy atom. The summed E-state index contributed by atoms with van der Waals surface area (Å²) in [7, 11) is 0. The fraction of sp³-hybridized carbons (Fsp3) is 0.348. The maximum atomic E-state index is 5.44. The number of rotatable bonds is 8. The van der Waals surface area contributed by atoms with Crippen LogP contribution in [0.5, 0.6) is 0 Å². The van der Waals surface area contributed by atoms with Gasteiger partial charge in [-0.2, -0.15) is 15.0 Å². The Morgan fingerprint density at radius 2 is 1.39 bits per heavy atom. The third-order valence-electron chi connectivity index (χ3n) is 5.20. The second kappa shape index (κ2) is 10.1. The van der Waals surface area contributed by atoms with Crippen LogP contribution in [0.15, 0.2) is 54.6 Å². The van der Waals surface area contributed by atoms with Gasteiger partial charge in [0.1, 0.15) is 0 Å². The number of nitrogens with zero attached hydrogens (tertiary/aromatic N) is 5. The Kier molecular flexibility index (Phi) is 6.78. The van der Waals surface area contributed by atoms with Crippen LogP contribution in [-0.4, -0.2) is 54.3 Å². The van der Waals surface area contributed by atoms with Crippen molar-refractivity contribution in [2.45, 2.75) is 13.8 Å². The molecule has 0 atom stereocenters. The first-order valence-corrected chi connectivity index (χ1v) is 10.8. The molecule has 31 heavy (non-hydrogen) atoms. The molecule has 1 saturated heterocycles. The van der Waals surface area contributed by atoms with Gasteiger partial charge in [0.25, 0.3) is 0 Å². The van der Waals surface area contributed by atoms with Gasteiger partial charge in [0.2, 0.25) is 17.8 Å². The minimum absolute atomic E-state index is 0.509. The van der Waals surface area contributed by atoms with Crippen molar-refractivity contribution in [3.8, 4) is 0 Å². The van der Waals surface area contributed by atoms with Gasteiger partial charge >= 0.3 is 0 Å². The molecule has 3 aromatic rings. The first kappa shape index (κ1) is 20.9. The molecule has 2 heterocycles. The van der Waals surface area contributed by atoms with Crippen LogP contribution in [0.1, 0.15) is 13.8 Å². The summed E-state index contributed by atoms with van der Waals surface area (Å²) in [6.07, 6.45) is 0. The molecule has 8 heteroatoms. The topological polar surface area (TPSA) is 78.4 Å². The smallest absolute Gasteiger partial charge is 0.233 e. The van der Waals surface area contributed by atoms with E-state index in [0.29, 0.717) is 17.8 Å². The summed E-state index contributed by atoms with van der Waals surface area (Å²) < 4.78 is 5.44. The molecule has 0 bridgehead atoms. The standard InChI is InChI=1S/C23H29N7O/c1-3-29(4-2)23-27-21(24-18-8-6-5-7-9-18)26-22(28-23)25-19-10-12-20(13-11-19)30-14-16-31-17-15-30/h5-13H,3-4,14-17H2,1-2H3,(H2,24,25,26,27,28). The van der Waals surface area contributed by atoms with Gasteiger partial charge in [-0.05, 0) is 50.2 Å². The Morgan fingerprint density at radius 1 is 0.806 bits per heavy atom. The van der Waals surface area contributed by atoms with Crippen molar-refractivity contribution in [1.29, 1.82) is 0 Å². The maximum absolute atomic E-state index is 5.44. The van der Waals surface area contributed by atoms with Crippen LogP contribution in [0.3, 0.4) is 0 Å². The van der Waals surface area contributed by atoms with Gasteiger partial charge in [-0.15, -0.1) is 0 Å². The molecule has 162 valence electrons. The molecule has 4 rings (SSSR count). The molecular weight excluding hydrogens is 390 g/mol. The van der Waals surface area contributed by atoms with Gasteiger partial charge in [0.15, 0.2) is 0 Å². The number of aromatic nitrogens is 3. The number of para-hydroxylation sites is 1. The molecule has 0 amide bonds. The number of hydrogen-bond donors (Lipinski definition) is 2. The Labute approximate surface area is 183 Å². The Bertz CT molecular complexity index is 955. The molecule has 2 N–H and O–H groups in total. The summed E-state index contributed by atoms with van der Waals surface area (Å²) in [6.45, 7) is 9.21. The third-order valence-corrected chi connectivity index (χ3v) is 5.20. The number of benzene rings is 2. The van der Waals surface area contributed by atoms with Crippen molar-refractivity contribution in [3.05, 3.63) is 54.6 Å². The summed E-state index contributed by atoms with van der Waals surface area (Å²) in [5.74, 6) is 1.66. The van der Waals surface area contributed by atoms with Gasteiger partial charge in [0, 0.05) is 43.2 Å². The number of nitrogens with one attached hydrogen (secondary N) is 2. The van der Waals surface area contributed by atoms with Crippen molar-refractivity contribution >= 4 is 34.9 Å². The minimum atomic E-state index is 0.509. The fourth-order valence-corrected chi connectivity index (χ4v) is 3.48. The normalized spacial score (nSPS) is 13.7. The van der Waals surface area contributed by atoms with Crippen molar-refractivity contribution < 1.29 is 4.74 Å². The molecule has 8 nitrogen and oxygen atoms in total. The molecule has 1 fully saturated rings. The molecule has 1 aromatic heterocycles. The Hall–Kier alpha value is -3.39. The average Bonchev–Trinajstić information content (AvgIpc) is 2.82. The van der Waals surface area contributed by atoms with E-state index in [9.17, 15) is 0 Å². The van der Waals surface area contributed by atoms with Crippen LogP contribution in [0.25, 0.3) is 0 Å². The van der Waals surface area contributed by atoms with E-state index in [-0.39, 0.29) is 0 Å². The molecule has 0 unspecified atom stereocenters. The van der Waals surface area contributed by atoms with E-state index < -0.39 is 0 Å². The van der Waals surface area contributed by atoms with E-state index >= 15 is 0 Å². The highest BCUT2D eigenvalue weighted by atomic mass is 16.5. The van der Waals surface area contributed by atoms with Crippen LogP contribution in [-0.2, 0) is 4.74 Å². The van der Waals surface area contributed by atoms with Crippen LogP contribution < -0.4 is 20.4 Å². The average molecular weight is 420 g/mol. The highest BCUT2D eigenvalue weighted by Gasteiger charge is 2.13. The zero-order chi connectivity index (χ0) is 21.5. The summed E-state index contributed by atoms with van der Waals surface area (Å²) in [5.41, 5.74) is 3.05. The van der Waals surface area contributed by atoms with Crippen LogP contribution in [0.2, 0.25) is 0 Å². The van der Waals surface area contributed by atoms with Crippen LogP contribution in [0.4, 0.5) is 34.9 Å². The van der Waals surface area contributed by atoms with Gasteiger partial charge in [-0.3, -0.25) is 0 Å². The van der Waals surface area contributed by atoms with Gasteiger partial charge in [-0.25, -0.2) is 0 Å². The van der Waals surface area contributed by atoms with E-state index in [1.54, 1.807) is 0 Å². The fourth-order valence-electron chi connectivity index (χ4n) is 3.48. The summed E-state index contributed by atoms with van der Waals surface area (Å²) in [5, 5.41) is 6.61. The van der Waals surface area contributed by atoms with Crippen molar-refractivity contribution in [2.75, 3.05) is 59.8 Å². The predicted octanol–water partition coefficient (Wildman–Crippen LogP) is 4.04. The molecule has 0 spiro atoms. The van der Waals surface area contributed by atoms with Gasteiger partial charge in [-0.1, -0.05) is 18.2 Å². The van der Waals surface area contributed by atoms with E-state index in [0.717, 1.165) is 50.8 Å². The van der Waals surface area contributed by atoms with Crippen molar-refractivity contribution in [1.82, 2.24) is 15.0 Å². The first-order chi connectivity index (χ1) is 15.2. The largest absolute Gasteiger partial charge is 0.378 e. The molecule has 0 saturated carbocycles. The lowest BCUT2D eigenvalue weighted by Crippen LogP contribution is -2.36. The third kappa shape index (κ3) is 5.40. The highest BCUT2D eigenvalue weighted by Crippen LogP contribution is 2.23. The highest BCUT2D eigenvalue weighted by molar-refractivity contribution is 5.62. The minimum Gasteiger partial charge on any atom is -0.378 e. The monoisotopic (exact) mass is 419 g/mol. The Balaban J connectivity index is 1.55. The number of morpholine rings is 1. The molecule has 2 aromatic carbocycles. The second-order valence-corrected chi connectivity index (χ2v) is 7.22. The molecule has 1 aliphatic heterocycles. The van der Waals surface area contributed by atoms with Gasteiger partial charge in [0.05, 0.1) is 13.2 Å². The van der Waals surface area contributed by atoms with Crippen LogP contribution >= 0.6 is 0 Å². The lowest BCUT2D eigenvalue weighted by atomic mass is 10.2. The van der Waals surface area contributed by atoms with E-state index in [2.05, 4.69) is 73.5 Å². The lowest BCUT2D eigenvalue weighted by molar-refractivity contribution is 0.122. The zero-order valence-corrected chi connectivity index (χ0v) is 18.1. The predicted molar refractivity (Wildman–Crippen MR) is 126 cm³/mol. The van der Waals surface area contributed by atoms with Gasteiger partial charge < -0.3 is 25.2 Å². The van der Waals surface area contributed by atoms with Crippen molar-refractivity contribution in [3.63, 3.8) is 0 Å². The van der Waals surface area contributed by atoms with E-state index in [1.165, 1.54) is 5.69 Å². The first-order valence-electron chi connectivity index (χ1n) is 10.8. The summed E-state index contributed by atoms with van der Waals surface area (Å²) in [4.78, 5) is 18.3. The summed E-state index contributed by atoms with van der Waals surface area (Å²) >= 11 is 0. The second-order valence-electron chi connectivity index (χ2n) is 7.22. The number of anilines is 6. The molecule has 1 aliphatic rings. The molecule has 0 radical (unpaired) electrons. The SMILES string of the molecule is CCN(CC)c1nc(Nc2ccccc2)nc(Nc2ccc(N3CCOCC3)cc2)n1. The zero-order valence-electron chi connectivity index (χ0n) is 18.1. The van der Waals surface area contributed by atoms with Crippen LogP contribution in [0, 0.1) is 0 Å². The van der Waals surface area contributed by atoms with E-state index in [4.69, 9.17) is 4.74 Å².